The van der Waals surface area contributed by atoms with E-state index < -0.39 is 0 Å². The number of para-hydroxylation sites is 1. The van der Waals surface area contributed by atoms with E-state index in [9.17, 15) is 4.79 Å². The second kappa shape index (κ2) is 5.43. The largest absolute Gasteiger partial charge is 0.345 e. The van der Waals surface area contributed by atoms with E-state index in [2.05, 4.69) is 15.4 Å². The zero-order valence-electron chi connectivity index (χ0n) is 12.7. The standard InChI is InChI=1S/C16H14N4OS2/c1-9-10-7-13(23-16(10)20(2)19-9)15(21)17-8-14-18-11-5-3-4-6-12(11)22-14/h3-7H,8H2,1-2H3,(H,17,21). The molecular formula is C16H14N4OS2. The van der Waals surface area contributed by atoms with Crippen LogP contribution in [0.15, 0.2) is 30.3 Å². The van der Waals surface area contributed by atoms with Crippen LogP contribution in [0, 0.1) is 6.92 Å². The first-order valence-electron chi connectivity index (χ1n) is 7.17. The Bertz CT molecular complexity index is 960. The summed E-state index contributed by atoms with van der Waals surface area (Å²) in [6, 6.07) is 9.91. The van der Waals surface area contributed by atoms with E-state index in [1.165, 1.54) is 11.3 Å². The van der Waals surface area contributed by atoms with Crippen molar-refractivity contribution >= 4 is 49.0 Å². The second-order valence-corrected chi connectivity index (χ2v) is 7.44. The number of hydrogen-bond donors (Lipinski definition) is 1. The van der Waals surface area contributed by atoms with Crippen molar-refractivity contribution in [2.75, 3.05) is 0 Å². The van der Waals surface area contributed by atoms with Crippen LogP contribution in [-0.4, -0.2) is 20.7 Å². The topological polar surface area (TPSA) is 59.8 Å². The lowest BCUT2D eigenvalue weighted by Gasteiger charge is -2.00. The van der Waals surface area contributed by atoms with Crippen LogP contribution >= 0.6 is 22.7 Å². The highest BCUT2D eigenvalue weighted by atomic mass is 32.1. The Morgan fingerprint density at radius 3 is 2.91 bits per heavy atom. The second-order valence-electron chi connectivity index (χ2n) is 5.30. The molecule has 0 aliphatic rings. The molecule has 1 N–H and O–H groups in total. The molecule has 0 fully saturated rings. The molecule has 0 aliphatic carbocycles. The summed E-state index contributed by atoms with van der Waals surface area (Å²) in [7, 11) is 1.90. The summed E-state index contributed by atoms with van der Waals surface area (Å²) >= 11 is 3.07. The summed E-state index contributed by atoms with van der Waals surface area (Å²) in [6.07, 6.45) is 0. The first-order valence-corrected chi connectivity index (χ1v) is 8.81. The molecule has 0 saturated carbocycles. The lowest BCUT2D eigenvalue weighted by molar-refractivity contribution is 0.0955. The lowest BCUT2D eigenvalue weighted by atomic mass is 10.3. The average molecular weight is 342 g/mol. The number of fused-ring (bicyclic) bond motifs is 2. The van der Waals surface area contributed by atoms with E-state index in [1.54, 1.807) is 11.3 Å². The Morgan fingerprint density at radius 2 is 2.13 bits per heavy atom. The summed E-state index contributed by atoms with van der Waals surface area (Å²) in [6.45, 7) is 2.40. The summed E-state index contributed by atoms with van der Waals surface area (Å²) in [5.41, 5.74) is 1.93. The lowest BCUT2D eigenvalue weighted by Crippen LogP contribution is -2.21. The predicted molar refractivity (Wildman–Crippen MR) is 94.1 cm³/mol. The number of rotatable bonds is 3. The van der Waals surface area contributed by atoms with Crippen LogP contribution in [0.1, 0.15) is 20.4 Å². The van der Waals surface area contributed by atoms with Gasteiger partial charge in [0.15, 0.2) is 0 Å². The smallest absolute Gasteiger partial charge is 0.261 e. The van der Waals surface area contributed by atoms with E-state index >= 15 is 0 Å². The van der Waals surface area contributed by atoms with Crippen molar-refractivity contribution in [1.82, 2.24) is 20.1 Å². The molecule has 0 unspecified atom stereocenters. The molecule has 5 nitrogen and oxygen atoms in total. The maximum absolute atomic E-state index is 12.4. The number of carbonyl (C=O) groups is 1. The quantitative estimate of drug-likeness (QED) is 0.620. The monoisotopic (exact) mass is 342 g/mol. The van der Waals surface area contributed by atoms with Gasteiger partial charge in [0.05, 0.1) is 27.3 Å². The van der Waals surface area contributed by atoms with Crippen molar-refractivity contribution < 1.29 is 4.79 Å². The van der Waals surface area contributed by atoms with Gasteiger partial charge in [-0.2, -0.15) is 5.10 Å². The van der Waals surface area contributed by atoms with Crippen LogP contribution in [-0.2, 0) is 13.6 Å². The summed E-state index contributed by atoms with van der Waals surface area (Å²) < 4.78 is 2.96. The van der Waals surface area contributed by atoms with Gasteiger partial charge in [0.1, 0.15) is 9.84 Å². The van der Waals surface area contributed by atoms with Crippen molar-refractivity contribution in [3.8, 4) is 0 Å². The third-order valence-electron chi connectivity index (χ3n) is 3.66. The summed E-state index contributed by atoms with van der Waals surface area (Å²) in [5.74, 6) is -0.0649. The van der Waals surface area contributed by atoms with Crippen LogP contribution < -0.4 is 5.32 Å². The Labute approximate surface area is 140 Å². The molecular weight excluding hydrogens is 328 g/mol. The first-order chi connectivity index (χ1) is 11.1. The molecule has 0 aliphatic heterocycles. The minimum absolute atomic E-state index is 0.0649. The van der Waals surface area contributed by atoms with Crippen molar-refractivity contribution in [2.45, 2.75) is 13.5 Å². The minimum atomic E-state index is -0.0649. The Balaban J connectivity index is 1.53. The predicted octanol–water partition coefficient (Wildman–Crippen LogP) is 3.48. The number of amides is 1. The number of nitrogens with one attached hydrogen (secondary N) is 1. The van der Waals surface area contributed by atoms with Gasteiger partial charge in [0.25, 0.3) is 5.91 Å². The molecule has 7 heteroatoms. The molecule has 1 aromatic carbocycles. The zero-order chi connectivity index (χ0) is 16.0. The van der Waals surface area contributed by atoms with Crippen LogP contribution in [0.2, 0.25) is 0 Å². The number of benzene rings is 1. The van der Waals surface area contributed by atoms with Crippen LogP contribution in [0.4, 0.5) is 0 Å². The van der Waals surface area contributed by atoms with Gasteiger partial charge >= 0.3 is 0 Å². The SMILES string of the molecule is Cc1nn(C)c2sc(C(=O)NCc3nc4ccccc4s3)cc12. The number of nitrogens with zero attached hydrogens (tertiary/aromatic N) is 3. The van der Waals surface area contributed by atoms with Crippen molar-refractivity contribution in [2.24, 2.45) is 7.05 Å². The van der Waals surface area contributed by atoms with Gasteiger partial charge in [-0.05, 0) is 25.1 Å². The molecule has 0 saturated heterocycles. The maximum atomic E-state index is 12.4. The molecule has 116 valence electrons. The van der Waals surface area contributed by atoms with Gasteiger partial charge in [0.2, 0.25) is 0 Å². The van der Waals surface area contributed by atoms with E-state index in [-0.39, 0.29) is 5.91 Å². The molecule has 23 heavy (non-hydrogen) atoms. The molecule has 0 spiro atoms. The highest BCUT2D eigenvalue weighted by molar-refractivity contribution is 7.20. The number of thiophene rings is 1. The maximum Gasteiger partial charge on any atom is 0.261 e. The molecule has 0 atom stereocenters. The molecule has 3 heterocycles. The van der Waals surface area contributed by atoms with Gasteiger partial charge in [-0.15, -0.1) is 22.7 Å². The fraction of sp³-hybridized carbons (Fsp3) is 0.188. The van der Waals surface area contributed by atoms with Crippen LogP contribution in [0.25, 0.3) is 20.4 Å². The van der Waals surface area contributed by atoms with Crippen molar-refractivity contribution in [3.05, 3.63) is 45.9 Å². The van der Waals surface area contributed by atoms with Gasteiger partial charge in [-0.3, -0.25) is 9.48 Å². The van der Waals surface area contributed by atoms with E-state index in [0.29, 0.717) is 11.4 Å². The molecule has 4 rings (SSSR count). The fourth-order valence-corrected chi connectivity index (χ4v) is 4.50. The highest BCUT2D eigenvalue weighted by Gasteiger charge is 2.15. The van der Waals surface area contributed by atoms with Crippen LogP contribution in [0.3, 0.4) is 0 Å². The highest BCUT2D eigenvalue weighted by Crippen LogP contribution is 2.27. The van der Waals surface area contributed by atoms with E-state index in [4.69, 9.17) is 0 Å². The Hall–Kier alpha value is -2.25. The average Bonchev–Trinajstić information content (AvgIpc) is 3.21. The van der Waals surface area contributed by atoms with E-state index in [1.807, 2.05) is 49.0 Å². The third kappa shape index (κ3) is 2.51. The third-order valence-corrected chi connectivity index (χ3v) is 5.90. The van der Waals surface area contributed by atoms with Crippen molar-refractivity contribution in [1.29, 1.82) is 0 Å². The van der Waals surface area contributed by atoms with Gasteiger partial charge < -0.3 is 5.32 Å². The Morgan fingerprint density at radius 1 is 1.30 bits per heavy atom. The fourth-order valence-electron chi connectivity index (χ4n) is 2.56. The first kappa shape index (κ1) is 14.3. The number of aromatic nitrogens is 3. The summed E-state index contributed by atoms with van der Waals surface area (Å²) in [4.78, 5) is 18.6. The normalized spacial score (nSPS) is 11.4. The number of hydrogen-bond acceptors (Lipinski definition) is 5. The van der Waals surface area contributed by atoms with Gasteiger partial charge in [-0.25, -0.2) is 4.98 Å². The number of carbonyl (C=O) groups excluding carboxylic acids is 1. The molecule has 3 aromatic heterocycles. The van der Waals surface area contributed by atoms with E-state index in [0.717, 1.165) is 31.1 Å². The molecule has 4 aromatic rings. The zero-order valence-corrected chi connectivity index (χ0v) is 14.3. The van der Waals surface area contributed by atoms with Crippen LogP contribution in [0.5, 0.6) is 0 Å². The number of thiazole rings is 1. The van der Waals surface area contributed by atoms with Crippen molar-refractivity contribution in [3.63, 3.8) is 0 Å². The minimum Gasteiger partial charge on any atom is -0.345 e. The summed E-state index contributed by atoms with van der Waals surface area (Å²) in [5, 5.41) is 9.27. The molecule has 0 radical (unpaired) electrons. The number of aryl methyl sites for hydroxylation is 2. The molecule has 0 bridgehead atoms. The van der Waals surface area contributed by atoms with Gasteiger partial charge in [0, 0.05) is 12.4 Å². The molecule has 1 amide bonds. The van der Waals surface area contributed by atoms with Gasteiger partial charge in [-0.1, -0.05) is 12.1 Å². The Kier molecular flexibility index (Phi) is 3.39.